The summed E-state index contributed by atoms with van der Waals surface area (Å²) in [6, 6.07) is 0. The maximum absolute atomic E-state index is 11.4. The molecule has 6 nitrogen and oxygen atoms in total. The fourth-order valence-electron chi connectivity index (χ4n) is 2.37. The van der Waals surface area contributed by atoms with E-state index in [1.165, 1.54) is 0 Å². The zero-order valence-electron chi connectivity index (χ0n) is 12.1. The van der Waals surface area contributed by atoms with Crippen LogP contribution < -0.4 is 0 Å². The zero-order valence-corrected chi connectivity index (χ0v) is 12.9. The Labute approximate surface area is 121 Å². The first-order valence-electron chi connectivity index (χ1n) is 7.04. The van der Waals surface area contributed by atoms with E-state index in [0.717, 1.165) is 0 Å². The van der Waals surface area contributed by atoms with E-state index >= 15 is 0 Å². The summed E-state index contributed by atoms with van der Waals surface area (Å²) < 4.78 is 38.4. The third-order valence-electron chi connectivity index (χ3n) is 3.61. The maximum Gasteiger partial charge on any atom is 0.150 e. The molecule has 0 radical (unpaired) electrons. The molecule has 1 rings (SSSR count). The van der Waals surface area contributed by atoms with Crippen LogP contribution in [0, 0.1) is 11.8 Å². The van der Waals surface area contributed by atoms with Crippen LogP contribution in [0.4, 0.5) is 0 Å². The Morgan fingerprint density at radius 3 is 2.35 bits per heavy atom. The van der Waals surface area contributed by atoms with Crippen molar-refractivity contribution in [3.63, 3.8) is 0 Å². The maximum atomic E-state index is 11.4. The Morgan fingerprint density at radius 1 is 1.15 bits per heavy atom. The van der Waals surface area contributed by atoms with Gasteiger partial charge in [0.2, 0.25) is 0 Å². The molecule has 7 heteroatoms. The van der Waals surface area contributed by atoms with E-state index in [1.807, 2.05) is 0 Å². The van der Waals surface area contributed by atoms with Crippen molar-refractivity contribution in [2.45, 2.75) is 12.8 Å². The van der Waals surface area contributed by atoms with Gasteiger partial charge in [0.1, 0.15) is 0 Å². The number of aliphatic hydroxyl groups is 1. The Hall–Kier alpha value is -0.210. The predicted molar refractivity (Wildman–Crippen MR) is 75.5 cm³/mol. The molecule has 0 aromatic heterocycles. The molecule has 0 aromatic carbocycles. The number of hydrogen-bond acceptors (Lipinski definition) is 6. The van der Waals surface area contributed by atoms with Crippen LogP contribution in [-0.4, -0.2) is 71.8 Å². The number of aliphatic hydroxyl groups excluding tert-OH is 1. The molecule has 1 fully saturated rings. The van der Waals surface area contributed by atoms with Gasteiger partial charge in [0.05, 0.1) is 37.9 Å². The minimum atomic E-state index is -2.88. The van der Waals surface area contributed by atoms with E-state index in [-0.39, 0.29) is 29.9 Å². The molecular formula is C13H26O6S. The molecular weight excluding hydrogens is 284 g/mol. The molecule has 2 unspecified atom stereocenters. The molecule has 2 atom stereocenters. The van der Waals surface area contributed by atoms with Gasteiger partial charge in [-0.15, -0.1) is 0 Å². The standard InChI is InChI=1S/C13H26O6S/c1-17-5-6-19-8-7-18-4-2-12(10-14)13-3-9-20(15,16)11-13/h12-14H,2-11H2,1H3. The highest BCUT2D eigenvalue weighted by Gasteiger charge is 2.33. The molecule has 0 bridgehead atoms. The van der Waals surface area contributed by atoms with E-state index in [4.69, 9.17) is 14.2 Å². The minimum Gasteiger partial charge on any atom is -0.396 e. The van der Waals surface area contributed by atoms with Crippen LogP contribution in [0.2, 0.25) is 0 Å². The molecule has 120 valence electrons. The molecule has 0 aliphatic carbocycles. The molecule has 1 aliphatic rings. The number of methoxy groups -OCH3 is 1. The van der Waals surface area contributed by atoms with Crippen LogP contribution >= 0.6 is 0 Å². The van der Waals surface area contributed by atoms with E-state index < -0.39 is 9.84 Å². The second-order valence-electron chi connectivity index (χ2n) is 5.11. The molecule has 1 saturated heterocycles. The summed E-state index contributed by atoms with van der Waals surface area (Å²) in [6.45, 7) is 2.70. The van der Waals surface area contributed by atoms with E-state index in [2.05, 4.69) is 0 Å². The number of sulfone groups is 1. The Bertz CT molecular complexity index is 343. The van der Waals surface area contributed by atoms with Gasteiger partial charge in [-0.3, -0.25) is 0 Å². The number of hydrogen-bond donors (Lipinski definition) is 1. The average Bonchev–Trinajstić information content (AvgIpc) is 2.77. The molecule has 0 aromatic rings. The first-order chi connectivity index (χ1) is 9.59. The second-order valence-corrected chi connectivity index (χ2v) is 7.34. The molecule has 0 saturated carbocycles. The highest BCUT2D eigenvalue weighted by atomic mass is 32.2. The van der Waals surface area contributed by atoms with Crippen molar-refractivity contribution in [3.8, 4) is 0 Å². The number of ether oxygens (including phenoxy) is 3. The molecule has 0 amide bonds. The van der Waals surface area contributed by atoms with Gasteiger partial charge in [-0.2, -0.15) is 0 Å². The lowest BCUT2D eigenvalue weighted by molar-refractivity contribution is 0.0179. The monoisotopic (exact) mass is 310 g/mol. The van der Waals surface area contributed by atoms with E-state index in [0.29, 0.717) is 45.9 Å². The van der Waals surface area contributed by atoms with Gasteiger partial charge in [0, 0.05) is 20.3 Å². The van der Waals surface area contributed by atoms with Gasteiger partial charge in [-0.25, -0.2) is 8.42 Å². The molecule has 1 heterocycles. The second kappa shape index (κ2) is 9.68. The first-order valence-corrected chi connectivity index (χ1v) is 8.87. The highest BCUT2D eigenvalue weighted by Crippen LogP contribution is 2.27. The van der Waals surface area contributed by atoms with Crippen LogP contribution in [0.3, 0.4) is 0 Å². The van der Waals surface area contributed by atoms with Crippen LogP contribution in [0.5, 0.6) is 0 Å². The fraction of sp³-hybridized carbons (Fsp3) is 1.00. The predicted octanol–water partition coefficient (Wildman–Crippen LogP) is 0.0993. The van der Waals surface area contributed by atoms with Crippen LogP contribution in [0.1, 0.15) is 12.8 Å². The summed E-state index contributed by atoms with van der Waals surface area (Å²) in [6.07, 6.45) is 1.35. The molecule has 0 spiro atoms. The van der Waals surface area contributed by atoms with Crippen molar-refractivity contribution >= 4 is 9.84 Å². The minimum absolute atomic E-state index is 0.0154. The van der Waals surface area contributed by atoms with E-state index in [1.54, 1.807) is 7.11 Å². The fourth-order valence-corrected chi connectivity index (χ4v) is 4.29. The third kappa shape index (κ3) is 6.99. The van der Waals surface area contributed by atoms with Gasteiger partial charge in [0.25, 0.3) is 0 Å². The summed E-state index contributed by atoms with van der Waals surface area (Å²) >= 11 is 0. The van der Waals surface area contributed by atoms with Crippen LogP contribution in [0.25, 0.3) is 0 Å². The van der Waals surface area contributed by atoms with Gasteiger partial charge in [0.15, 0.2) is 9.84 Å². The molecule has 20 heavy (non-hydrogen) atoms. The summed E-state index contributed by atoms with van der Waals surface area (Å²) in [5.74, 6) is 0.550. The summed E-state index contributed by atoms with van der Waals surface area (Å²) in [4.78, 5) is 0. The summed E-state index contributed by atoms with van der Waals surface area (Å²) in [5.41, 5.74) is 0. The average molecular weight is 310 g/mol. The van der Waals surface area contributed by atoms with Gasteiger partial charge < -0.3 is 19.3 Å². The molecule has 1 N–H and O–H groups in total. The quantitative estimate of drug-likeness (QED) is 0.545. The largest absolute Gasteiger partial charge is 0.396 e. The summed E-state index contributed by atoms with van der Waals surface area (Å²) in [7, 11) is -1.26. The van der Waals surface area contributed by atoms with Crippen molar-refractivity contribution in [3.05, 3.63) is 0 Å². The SMILES string of the molecule is COCCOCCOCCC(CO)C1CCS(=O)(=O)C1. The normalized spacial score (nSPS) is 23.0. The van der Waals surface area contributed by atoms with Crippen molar-refractivity contribution in [1.29, 1.82) is 0 Å². The highest BCUT2D eigenvalue weighted by molar-refractivity contribution is 7.91. The van der Waals surface area contributed by atoms with Crippen LogP contribution in [0.15, 0.2) is 0 Å². The zero-order chi connectivity index (χ0) is 14.8. The van der Waals surface area contributed by atoms with Crippen molar-refractivity contribution < 1.29 is 27.7 Å². The van der Waals surface area contributed by atoms with E-state index in [9.17, 15) is 13.5 Å². The lowest BCUT2D eigenvalue weighted by Gasteiger charge is -2.19. The smallest absolute Gasteiger partial charge is 0.150 e. The number of rotatable bonds is 11. The molecule has 1 aliphatic heterocycles. The Balaban J connectivity index is 2.07. The van der Waals surface area contributed by atoms with Gasteiger partial charge in [-0.1, -0.05) is 0 Å². The Morgan fingerprint density at radius 2 is 1.80 bits per heavy atom. The van der Waals surface area contributed by atoms with Crippen molar-refractivity contribution in [2.24, 2.45) is 11.8 Å². The first kappa shape index (κ1) is 17.8. The third-order valence-corrected chi connectivity index (χ3v) is 5.40. The van der Waals surface area contributed by atoms with Crippen LogP contribution in [-0.2, 0) is 24.0 Å². The van der Waals surface area contributed by atoms with Crippen molar-refractivity contribution in [2.75, 3.05) is 58.3 Å². The lowest BCUT2D eigenvalue weighted by Crippen LogP contribution is -2.22. The summed E-state index contributed by atoms with van der Waals surface area (Å²) in [5, 5.41) is 9.37. The van der Waals surface area contributed by atoms with Crippen molar-refractivity contribution in [1.82, 2.24) is 0 Å². The van der Waals surface area contributed by atoms with Gasteiger partial charge in [-0.05, 0) is 24.7 Å². The Kier molecular flexibility index (Phi) is 8.63. The topological polar surface area (TPSA) is 82.1 Å². The van der Waals surface area contributed by atoms with Gasteiger partial charge >= 0.3 is 0 Å². The lowest BCUT2D eigenvalue weighted by atomic mass is 9.90.